The number of pyridine rings is 1. The lowest BCUT2D eigenvalue weighted by atomic mass is 10.1. The number of benzene rings is 2. The Kier molecular flexibility index (Phi) is 6.05. The molecule has 5 rings (SSSR count). The molecule has 14 heteroatoms. The third kappa shape index (κ3) is 5.58. The number of nitrogens with one attached hydrogen (secondary N) is 1. The van der Waals surface area contributed by atoms with Gasteiger partial charge in [-0.25, -0.2) is 17.8 Å². The van der Waals surface area contributed by atoms with E-state index in [2.05, 4.69) is 10.3 Å². The molecule has 0 aliphatic carbocycles. The molecular formula is C25H24F6N4O2S2. The first-order valence-corrected chi connectivity index (χ1v) is 15.2. The number of aromatic nitrogens is 2. The Labute approximate surface area is 221 Å². The predicted molar refractivity (Wildman–Crippen MR) is 139 cm³/mol. The molecule has 0 atom stereocenters. The zero-order valence-electron chi connectivity index (χ0n) is 20.5. The molecule has 1 aliphatic heterocycles. The minimum atomic E-state index is -9.75. The highest BCUT2D eigenvalue weighted by Gasteiger charge is 2.65. The highest BCUT2D eigenvalue weighted by Crippen LogP contribution is 3.02. The van der Waals surface area contributed by atoms with Crippen LogP contribution in [-0.4, -0.2) is 41.2 Å². The van der Waals surface area contributed by atoms with Gasteiger partial charge in [-0.05, 0) is 79.4 Å². The van der Waals surface area contributed by atoms with Gasteiger partial charge < -0.3 is 9.72 Å². The first-order valence-electron chi connectivity index (χ1n) is 11.9. The van der Waals surface area contributed by atoms with Gasteiger partial charge in [0.1, 0.15) is 21.3 Å². The van der Waals surface area contributed by atoms with Crippen LogP contribution in [0, 0.1) is 12.7 Å². The van der Waals surface area contributed by atoms with Crippen LogP contribution in [0.4, 0.5) is 29.5 Å². The molecule has 0 unspecified atom stereocenters. The molecule has 0 spiro atoms. The maximum atomic E-state index is 15.1. The summed E-state index contributed by atoms with van der Waals surface area (Å²) in [6.45, 7) is 1.97. The van der Waals surface area contributed by atoms with Gasteiger partial charge in [-0.15, -0.1) is 0 Å². The van der Waals surface area contributed by atoms with Crippen LogP contribution >= 0.6 is 10.2 Å². The average Bonchev–Trinajstić information content (AvgIpc) is 3.23. The van der Waals surface area contributed by atoms with Gasteiger partial charge >= 0.3 is 10.2 Å². The van der Waals surface area contributed by atoms with E-state index in [1.807, 2.05) is 11.3 Å². The van der Waals surface area contributed by atoms with Gasteiger partial charge in [-0.2, -0.15) is 4.31 Å². The highest BCUT2D eigenvalue weighted by molar-refractivity contribution is 8.45. The standard InChI is InChI=1S/C25H24F6N4O2S2/c1-17-15-32-25-9-3-19(16-35(17)25)18-2-8-24(23(26)14-18)38(36,37)34-12-10-21(11-13-34)33-20-4-6-22(7-5-20)39(27,28,29,30)31/h2-9,14-16,21,33H,10-13H2,1H3. The largest absolute Gasteiger partial charge is 0.382 e. The highest BCUT2D eigenvalue weighted by atomic mass is 32.5. The van der Waals surface area contributed by atoms with Crippen LogP contribution in [0.25, 0.3) is 16.8 Å². The van der Waals surface area contributed by atoms with Crippen LogP contribution in [0.1, 0.15) is 18.5 Å². The maximum absolute atomic E-state index is 15.1. The van der Waals surface area contributed by atoms with Gasteiger partial charge in [0.15, 0.2) is 0 Å². The molecule has 3 heterocycles. The van der Waals surface area contributed by atoms with Crippen molar-refractivity contribution in [2.24, 2.45) is 0 Å². The number of fused-ring (bicyclic) bond motifs is 1. The molecule has 1 fully saturated rings. The van der Waals surface area contributed by atoms with E-state index in [1.54, 1.807) is 24.5 Å². The van der Waals surface area contributed by atoms with Crippen molar-refractivity contribution in [1.82, 2.24) is 13.7 Å². The van der Waals surface area contributed by atoms with Gasteiger partial charge in [0.2, 0.25) is 10.0 Å². The molecule has 2 aromatic carbocycles. The second-order valence-electron chi connectivity index (χ2n) is 9.51. The van der Waals surface area contributed by atoms with Gasteiger partial charge in [-0.1, -0.05) is 25.5 Å². The summed E-state index contributed by atoms with van der Waals surface area (Å²) in [6, 6.07) is 9.66. The summed E-state index contributed by atoms with van der Waals surface area (Å²) in [5.41, 5.74) is 3.01. The molecule has 210 valence electrons. The summed E-state index contributed by atoms with van der Waals surface area (Å²) in [5.74, 6) is -0.890. The summed E-state index contributed by atoms with van der Waals surface area (Å²) < 4.78 is 109. The van der Waals surface area contributed by atoms with Crippen molar-refractivity contribution in [3.05, 3.63) is 78.5 Å². The van der Waals surface area contributed by atoms with Crippen LogP contribution in [0.3, 0.4) is 0 Å². The second kappa shape index (κ2) is 8.63. The molecule has 0 saturated carbocycles. The lowest BCUT2D eigenvalue weighted by Crippen LogP contribution is -2.42. The lowest BCUT2D eigenvalue weighted by Gasteiger charge is -2.40. The van der Waals surface area contributed by atoms with Crippen molar-refractivity contribution in [2.45, 2.75) is 35.6 Å². The maximum Gasteiger partial charge on any atom is 0.310 e. The summed E-state index contributed by atoms with van der Waals surface area (Å²) in [6.07, 6.45) is 4.07. The van der Waals surface area contributed by atoms with Crippen LogP contribution in [0.2, 0.25) is 0 Å². The van der Waals surface area contributed by atoms with Gasteiger partial charge in [-0.3, -0.25) is 0 Å². The number of anilines is 1. The van der Waals surface area contributed by atoms with Gasteiger partial charge in [0.05, 0.1) is 0 Å². The fourth-order valence-corrected chi connectivity index (χ4v) is 6.75. The Hall–Kier alpha value is -3.23. The Morgan fingerprint density at radius 3 is 2.18 bits per heavy atom. The number of piperidine rings is 1. The van der Waals surface area contributed by atoms with E-state index in [0.29, 0.717) is 23.3 Å². The fraction of sp³-hybridized carbons (Fsp3) is 0.240. The van der Waals surface area contributed by atoms with Gasteiger partial charge in [0.25, 0.3) is 0 Å². The molecule has 4 aromatic rings. The third-order valence-corrected chi connectivity index (χ3v) is 9.79. The molecule has 1 saturated heterocycles. The van der Waals surface area contributed by atoms with E-state index in [0.717, 1.165) is 27.8 Å². The summed E-state index contributed by atoms with van der Waals surface area (Å²) in [4.78, 5) is 1.81. The Morgan fingerprint density at radius 2 is 1.56 bits per heavy atom. The van der Waals surface area contributed by atoms with Crippen LogP contribution < -0.4 is 5.32 Å². The Balaban J connectivity index is 1.26. The van der Waals surface area contributed by atoms with Crippen molar-refractivity contribution in [2.75, 3.05) is 18.4 Å². The first kappa shape index (κ1) is 27.3. The number of halogens is 6. The smallest absolute Gasteiger partial charge is 0.310 e. The molecule has 1 N–H and O–H groups in total. The van der Waals surface area contributed by atoms with Crippen molar-refractivity contribution < 1.29 is 32.2 Å². The molecular weight excluding hydrogens is 566 g/mol. The van der Waals surface area contributed by atoms with Crippen LogP contribution in [0.5, 0.6) is 0 Å². The zero-order valence-corrected chi connectivity index (χ0v) is 22.1. The van der Waals surface area contributed by atoms with E-state index in [9.17, 15) is 27.8 Å². The number of imidazole rings is 1. The molecule has 6 nitrogen and oxygen atoms in total. The van der Waals surface area contributed by atoms with Crippen LogP contribution in [0.15, 0.2) is 76.8 Å². The first-order chi connectivity index (χ1) is 18.0. The van der Waals surface area contributed by atoms with E-state index in [-0.39, 0.29) is 37.7 Å². The lowest BCUT2D eigenvalue weighted by molar-refractivity contribution is 0.328. The Morgan fingerprint density at radius 1 is 0.923 bits per heavy atom. The number of hydrogen-bond donors (Lipinski definition) is 1. The fourth-order valence-electron chi connectivity index (χ4n) is 4.59. The Bertz CT molecular complexity index is 1670. The minimum absolute atomic E-state index is 0.0430. The van der Waals surface area contributed by atoms with E-state index < -0.39 is 35.9 Å². The molecule has 39 heavy (non-hydrogen) atoms. The topological polar surface area (TPSA) is 66.7 Å². The van der Waals surface area contributed by atoms with Gasteiger partial charge in [0, 0.05) is 42.9 Å². The normalized spacial score (nSPS) is 17.6. The number of hydrogen-bond acceptors (Lipinski definition) is 4. The predicted octanol–water partition coefficient (Wildman–Crippen LogP) is 7.37. The molecule has 0 bridgehead atoms. The van der Waals surface area contributed by atoms with Crippen molar-refractivity contribution in [3.8, 4) is 11.1 Å². The summed E-state index contributed by atoms with van der Waals surface area (Å²) in [7, 11) is -13.9. The number of nitrogens with zero attached hydrogens (tertiary/aromatic N) is 3. The van der Waals surface area contributed by atoms with Crippen molar-refractivity contribution >= 4 is 31.6 Å². The molecule has 0 amide bonds. The second-order valence-corrected chi connectivity index (χ2v) is 13.8. The van der Waals surface area contributed by atoms with E-state index >= 15 is 4.39 Å². The third-order valence-electron chi connectivity index (χ3n) is 6.70. The van der Waals surface area contributed by atoms with Crippen molar-refractivity contribution in [3.63, 3.8) is 0 Å². The average molecular weight is 591 g/mol. The quantitative estimate of drug-likeness (QED) is 0.238. The summed E-state index contributed by atoms with van der Waals surface area (Å²) >= 11 is 0. The van der Waals surface area contributed by atoms with Crippen LogP contribution in [-0.2, 0) is 10.0 Å². The molecule has 1 aliphatic rings. The van der Waals surface area contributed by atoms with E-state index in [4.69, 9.17) is 0 Å². The SMILES string of the molecule is Cc1cnc2ccc(-c3ccc(S(=O)(=O)N4CCC(Nc5ccc(S(F)(F)(F)(F)F)cc5)CC4)c(F)c3)cn12. The molecule has 2 aromatic heterocycles. The number of sulfonamides is 1. The van der Waals surface area contributed by atoms with E-state index in [1.165, 1.54) is 18.2 Å². The van der Waals surface area contributed by atoms with Crippen molar-refractivity contribution in [1.29, 1.82) is 0 Å². The number of rotatable bonds is 6. The zero-order chi connectivity index (χ0) is 28.3. The monoisotopic (exact) mass is 590 g/mol. The molecule has 0 radical (unpaired) electrons. The number of aryl methyl sites for hydroxylation is 1. The minimum Gasteiger partial charge on any atom is -0.382 e. The summed E-state index contributed by atoms with van der Waals surface area (Å²) in [5, 5.41) is 2.95.